The maximum atomic E-state index is 6.22. The lowest BCUT2D eigenvalue weighted by Crippen LogP contribution is -2.24. The smallest absolute Gasteiger partial charge is 0.157 e. The minimum absolute atomic E-state index is 0.0166. The van der Waals surface area contributed by atoms with Crippen molar-refractivity contribution >= 4 is 0 Å². The van der Waals surface area contributed by atoms with Crippen molar-refractivity contribution in [2.75, 3.05) is 13.2 Å². The number of rotatable bonds is 18. The Balaban J connectivity index is 4.28. The van der Waals surface area contributed by atoms with Gasteiger partial charge < -0.3 is 9.47 Å². The van der Waals surface area contributed by atoms with E-state index in [1.165, 1.54) is 70.6 Å². The fraction of sp³-hybridized carbons (Fsp3) is 1.00. The van der Waals surface area contributed by atoms with Crippen LogP contribution in [0.5, 0.6) is 0 Å². The molecule has 0 spiro atoms. The molecule has 0 bridgehead atoms. The standard InChI is InChI=1S/C22H46O2/c1-6-11-14-17-22(23-18-20(9-4)15-12-7-2)24-19-21(10-5)16-13-8-3/h20-22H,6-19H2,1-5H3. The van der Waals surface area contributed by atoms with Gasteiger partial charge in [-0.2, -0.15) is 0 Å². The molecule has 2 heteroatoms. The molecule has 0 N–H and O–H groups in total. The second-order valence-electron chi connectivity index (χ2n) is 7.43. The van der Waals surface area contributed by atoms with Crippen LogP contribution in [0.4, 0.5) is 0 Å². The lowest BCUT2D eigenvalue weighted by Gasteiger charge is -2.24. The summed E-state index contributed by atoms with van der Waals surface area (Å²) in [4.78, 5) is 0. The predicted octanol–water partition coefficient (Wildman–Crippen LogP) is 7.36. The first-order chi connectivity index (χ1) is 11.7. The van der Waals surface area contributed by atoms with Crippen molar-refractivity contribution in [3.05, 3.63) is 0 Å². The topological polar surface area (TPSA) is 18.5 Å². The van der Waals surface area contributed by atoms with Gasteiger partial charge in [0.25, 0.3) is 0 Å². The van der Waals surface area contributed by atoms with Crippen LogP contribution >= 0.6 is 0 Å². The van der Waals surface area contributed by atoms with Crippen LogP contribution in [0.2, 0.25) is 0 Å². The van der Waals surface area contributed by atoms with Gasteiger partial charge in [-0.15, -0.1) is 0 Å². The first-order valence-electron chi connectivity index (χ1n) is 10.9. The van der Waals surface area contributed by atoms with Crippen LogP contribution in [-0.2, 0) is 9.47 Å². The molecule has 0 aromatic rings. The van der Waals surface area contributed by atoms with Crippen LogP contribution in [-0.4, -0.2) is 19.5 Å². The van der Waals surface area contributed by atoms with E-state index in [-0.39, 0.29) is 6.29 Å². The van der Waals surface area contributed by atoms with E-state index in [9.17, 15) is 0 Å². The molecule has 0 rings (SSSR count). The van der Waals surface area contributed by atoms with Crippen molar-refractivity contribution in [2.24, 2.45) is 11.8 Å². The van der Waals surface area contributed by atoms with Crippen molar-refractivity contribution in [3.63, 3.8) is 0 Å². The number of hydrogen-bond donors (Lipinski definition) is 0. The molecule has 0 aliphatic heterocycles. The van der Waals surface area contributed by atoms with Gasteiger partial charge in [0.1, 0.15) is 0 Å². The molecular formula is C22H46O2. The third kappa shape index (κ3) is 13.2. The van der Waals surface area contributed by atoms with Gasteiger partial charge in [0, 0.05) is 0 Å². The predicted molar refractivity (Wildman–Crippen MR) is 106 cm³/mol. The highest BCUT2D eigenvalue weighted by Crippen LogP contribution is 2.19. The van der Waals surface area contributed by atoms with Crippen LogP contribution in [0.25, 0.3) is 0 Å². The van der Waals surface area contributed by atoms with E-state index in [2.05, 4.69) is 34.6 Å². The summed E-state index contributed by atoms with van der Waals surface area (Å²) < 4.78 is 12.4. The Bertz CT molecular complexity index is 222. The number of ether oxygens (including phenoxy) is 2. The second kappa shape index (κ2) is 17.7. The monoisotopic (exact) mass is 342 g/mol. The molecule has 0 saturated carbocycles. The van der Waals surface area contributed by atoms with E-state index < -0.39 is 0 Å². The molecule has 2 nitrogen and oxygen atoms in total. The Morgan fingerprint density at radius 3 is 1.38 bits per heavy atom. The summed E-state index contributed by atoms with van der Waals surface area (Å²) in [5, 5.41) is 0. The van der Waals surface area contributed by atoms with Gasteiger partial charge in [-0.3, -0.25) is 0 Å². The molecule has 0 aromatic heterocycles. The van der Waals surface area contributed by atoms with E-state index in [0.29, 0.717) is 11.8 Å². The summed E-state index contributed by atoms with van der Waals surface area (Å²) in [7, 11) is 0. The molecule has 0 amide bonds. The summed E-state index contributed by atoms with van der Waals surface area (Å²) in [6.07, 6.45) is 15.1. The van der Waals surface area contributed by atoms with Gasteiger partial charge in [0.05, 0.1) is 13.2 Å². The van der Waals surface area contributed by atoms with Crippen molar-refractivity contribution in [1.82, 2.24) is 0 Å². The Kier molecular flexibility index (Phi) is 17.7. The molecule has 24 heavy (non-hydrogen) atoms. The number of hydrogen-bond acceptors (Lipinski definition) is 2. The van der Waals surface area contributed by atoms with E-state index in [1.54, 1.807) is 0 Å². The molecule has 0 aliphatic carbocycles. The molecule has 146 valence electrons. The first-order valence-corrected chi connectivity index (χ1v) is 10.9. The quantitative estimate of drug-likeness (QED) is 0.191. The summed E-state index contributed by atoms with van der Waals surface area (Å²) in [5.74, 6) is 1.40. The van der Waals surface area contributed by atoms with Crippen LogP contribution in [0.15, 0.2) is 0 Å². The summed E-state index contributed by atoms with van der Waals surface area (Å²) in [6, 6.07) is 0. The minimum atomic E-state index is 0.0166. The molecule has 2 atom stereocenters. The van der Waals surface area contributed by atoms with Crippen molar-refractivity contribution in [1.29, 1.82) is 0 Å². The maximum absolute atomic E-state index is 6.22. The lowest BCUT2D eigenvalue weighted by atomic mass is 10.0. The Labute approximate surface area is 153 Å². The average molecular weight is 343 g/mol. The maximum Gasteiger partial charge on any atom is 0.157 e. The summed E-state index contributed by atoms with van der Waals surface area (Å²) in [6.45, 7) is 13.1. The Morgan fingerprint density at radius 2 is 1.00 bits per heavy atom. The zero-order chi connectivity index (χ0) is 18.0. The van der Waals surface area contributed by atoms with E-state index >= 15 is 0 Å². The van der Waals surface area contributed by atoms with E-state index in [4.69, 9.17) is 9.47 Å². The largest absolute Gasteiger partial charge is 0.352 e. The van der Waals surface area contributed by atoms with Gasteiger partial charge in [-0.05, 0) is 37.5 Å². The zero-order valence-electron chi connectivity index (χ0n) is 17.4. The van der Waals surface area contributed by atoms with Gasteiger partial charge in [0.2, 0.25) is 0 Å². The highest BCUT2D eigenvalue weighted by molar-refractivity contribution is 4.60. The van der Waals surface area contributed by atoms with Gasteiger partial charge in [-0.1, -0.05) is 86.0 Å². The van der Waals surface area contributed by atoms with E-state index in [1.807, 2.05) is 0 Å². The van der Waals surface area contributed by atoms with Gasteiger partial charge in [-0.25, -0.2) is 0 Å². The molecule has 0 aliphatic rings. The fourth-order valence-electron chi connectivity index (χ4n) is 3.06. The van der Waals surface area contributed by atoms with Crippen LogP contribution in [0.1, 0.15) is 112 Å². The van der Waals surface area contributed by atoms with Crippen LogP contribution in [0, 0.1) is 11.8 Å². The molecule has 0 aromatic carbocycles. The molecular weight excluding hydrogens is 296 g/mol. The Hall–Kier alpha value is -0.0800. The van der Waals surface area contributed by atoms with Crippen LogP contribution < -0.4 is 0 Å². The van der Waals surface area contributed by atoms with Crippen LogP contribution in [0.3, 0.4) is 0 Å². The normalized spacial score (nSPS) is 15.4. The van der Waals surface area contributed by atoms with Crippen molar-refractivity contribution in [3.8, 4) is 0 Å². The van der Waals surface area contributed by atoms with Crippen molar-refractivity contribution < 1.29 is 9.47 Å². The van der Waals surface area contributed by atoms with E-state index in [0.717, 1.165) is 19.6 Å². The summed E-state index contributed by atoms with van der Waals surface area (Å²) >= 11 is 0. The Morgan fingerprint density at radius 1 is 0.542 bits per heavy atom. The molecule has 0 fully saturated rings. The number of unbranched alkanes of at least 4 members (excludes halogenated alkanes) is 4. The molecule has 0 saturated heterocycles. The first kappa shape index (κ1) is 23.9. The third-order valence-corrected chi connectivity index (χ3v) is 5.17. The SMILES string of the molecule is CCCCCC(OCC(CC)CCCC)OCC(CC)CCCC. The lowest BCUT2D eigenvalue weighted by molar-refractivity contribution is -0.162. The zero-order valence-corrected chi connectivity index (χ0v) is 17.4. The third-order valence-electron chi connectivity index (χ3n) is 5.17. The molecule has 2 unspecified atom stereocenters. The van der Waals surface area contributed by atoms with Gasteiger partial charge in [0.15, 0.2) is 6.29 Å². The highest BCUT2D eigenvalue weighted by atomic mass is 16.7. The van der Waals surface area contributed by atoms with Crippen molar-refractivity contribution in [2.45, 2.75) is 118 Å². The van der Waals surface area contributed by atoms with Gasteiger partial charge >= 0.3 is 0 Å². The summed E-state index contributed by atoms with van der Waals surface area (Å²) in [5.41, 5.74) is 0. The average Bonchev–Trinajstić information content (AvgIpc) is 2.61. The molecule has 0 heterocycles. The fourth-order valence-corrected chi connectivity index (χ4v) is 3.06. The minimum Gasteiger partial charge on any atom is -0.352 e. The second-order valence-corrected chi connectivity index (χ2v) is 7.43. The highest BCUT2D eigenvalue weighted by Gasteiger charge is 2.15. The molecule has 0 radical (unpaired) electrons.